The predicted octanol–water partition coefficient (Wildman–Crippen LogP) is -2.56. The van der Waals surface area contributed by atoms with E-state index in [4.69, 9.17) is 33.6 Å². The van der Waals surface area contributed by atoms with Gasteiger partial charge in [-0.2, -0.15) is 0 Å². The molecule has 0 aromatic rings. The van der Waals surface area contributed by atoms with Crippen LogP contribution in [0.25, 0.3) is 0 Å². The standard InChI is InChI=1S/FH3O3Si.H3O4P/c2*1-5(2,3)4/h2-4H;(H3,1,2,3,4). The summed E-state index contributed by atoms with van der Waals surface area (Å²) in [6, 6.07) is 0. The molecule has 10 heavy (non-hydrogen) atoms. The van der Waals surface area contributed by atoms with Crippen molar-refractivity contribution in [3.8, 4) is 0 Å². The van der Waals surface area contributed by atoms with Gasteiger partial charge < -0.3 is 29.1 Å². The third-order valence-corrected chi connectivity index (χ3v) is 0. The van der Waals surface area contributed by atoms with Crippen LogP contribution in [-0.4, -0.2) is 38.2 Å². The van der Waals surface area contributed by atoms with Gasteiger partial charge in [-0.3, -0.25) is 0 Å². The molecule has 0 spiro atoms. The van der Waals surface area contributed by atoms with Crippen LogP contribution in [0.2, 0.25) is 0 Å². The van der Waals surface area contributed by atoms with Crippen LogP contribution >= 0.6 is 7.82 Å². The van der Waals surface area contributed by atoms with Crippen LogP contribution in [0.4, 0.5) is 4.11 Å². The highest BCUT2D eigenvalue weighted by Gasteiger charge is 2.26. The van der Waals surface area contributed by atoms with Gasteiger partial charge in [0.2, 0.25) is 0 Å². The summed E-state index contributed by atoms with van der Waals surface area (Å²) in [7, 11) is -9.75. The Bertz CT molecular complexity index is 106. The van der Waals surface area contributed by atoms with Crippen molar-refractivity contribution in [2.45, 2.75) is 0 Å². The Kier molecular flexibility index (Phi) is 5.25. The van der Waals surface area contributed by atoms with E-state index >= 15 is 0 Å². The SMILES string of the molecule is O=P(O)(O)O.O[Si](O)(O)F. The monoisotopic (exact) mass is 196 g/mol. The molecule has 0 unspecified atom stereocenters. The maximum Gasteiger partial charge on any atom is 0.711 e. The largest absolute Gasteiger partial charge is 0.711 e. The maximum absolute atomic E-state index is 10.5. The van der Waals surface area contributed by atoms with Crippen molar-refractivity contribution < 1.29 is 37.7 Å². The molecule has 0 aromatic heterocycles. The molecule has 0 heterocycles. The zero-order chi connectivity index (χ0) is 9.00. The quantitative estimate of drug-likeness (QED) is 0.142. The summed E-state index contributed by atoms with van der Waals surface area (Å²) in [4.78, 5) is 42.9. The summed E-state index contributed by atoms with van der Waals surface area (Å²) in [5.41, 5.74) is 0. The van der Waals surface area contributed by atoms with Crippen molar-refractivity contribution in [2.24, 2.45) is 0 Å². The fourth-order valence-corrected chi connectivity index (χ4v) is 0. The van der Waals surface area contributed by atoms with Crippen LogP contribution in [0.3, 0.4) is 0 Å². The molecule has 0 aromatic carbocycles. The second-order valence-corrected chi connectivity index (χ2v) is 3.20. The molecule has 6 N–H and O–H groups in total. The third kappa shape index (κ3) is 22100. The zero-order valence-electron chi connectivity index (χ0n) is 4.42. The molecule has 0 bridgehead atoms. The average molecular weight is 196 g/mol. The van der Waals surface area contributed by atoms with Gasteiger partial charge in [0.1, 0.15) is 0 Å². The van der Waals surface area contributed by atoms with E-state index in [0.29, 0.717) is 0 Å². The van der Waals surface area contributed by atoms with Crippen LogP contribution in [-0.2, 0) is 4.57 Å². The Hall–Kier alpha value is 0.137. The van der Waals surface area contributed by atoms with E-state index < -0.39 is 17.0 Å². The topological polar surface area (TPSA) is 138 Å². The maximum atomic E-state index is 10.5. The van der Waals surface area contributed by atoms with E-state index in [2.05, 4.69) is 0 Å². The molecule has 64 valence electrons. The minimum absolute atomic E-state index is 4.64. The highest BCUT2D eigenvalue weighted by molar-refractivity contribution is 7.45. The molecule has 10 heteroatoms. The summed E-state index contributed by atoms with van der Waals surface area (Å²) in [5, 5.41) is 0. The first-order valence-corrected chi connectivity index (χ1v) is 4.93. The molecule has 0 fully saturated rings. The second-order valence-electron chi connectivity index (χ2n) is 1.07. The highest BCUT2D eigenvalue weighted by Crippen LogP contribution is 2.25. The predicted molar refractivity (Wildman–Crippen MR) is 27.8 cm³/mol. The van der Waals surface area contributed by atoms with Crippen LogP contribution in [0, 0.1) is 0 Å². The summed E-state index contributed by atoms with van der Waals surface area (Å²) in [6.45, 7) is 0. The van der Waals surface area contributed by atoms with E-state index in [1.54, 1.807) is 0 Å². The average Bonchev–Trinajstić information content (AvgIpc) is 1.12. The van der Waals surface area contributed by atoms with Crippen LogP contribution in [0.1, 0.15) is 0 Å². The molecule has 0 saturated carbocycles. The van der Waals surface area contributed by atoms with Gasteiger partial charge in [-0.25, -0.2) is 8.67 Å². The van der Waals surface area contributed by atoms with Crippen molar-refractivity contribution in [1.82, 2.24) is 0 Å². The lowest BCUT2D eigenvalue weighted by Gasteiger charge is -1.87. The summed E-state index contributed by atoms with van der Waals surface area (Å²) < 4.78 is 19.4. The Balaban J connectivity index is 0. The van der Waals surface area contributed by atoms with Crippen molar-refractivity contribution in [3.63, 3.8) is 0 Å². The third-order valence-electron chi connectivity index (χ3n) is 0. The number of halogens is 1. The molecule has 0 aliphatic rings. The van der Waals surface area contributed by atoms with E-state index in [1.165, 1.54) is 0 Å². The molecule has 0 saturated heterocycles. The Labute approximate surface area is 55.8 Å². The van der Waals surface area contributed by atoms with Gasteiger partial charge in [-0.15, -0.1) is 0 Å². The van der Waals surface area contributed by atoms with Gasteiger partial charge in [-0.1, -0.05) is 0 Å². The van der Waals surface area contributed by atoms with Crippen LogP contribution < -0.4 is 0 Å². The molecular weight excluding hydrogens is 190 g/mol. The van der Waals surface area contributed by atoms with Gasteiger partial charge >= 0.3 is 17.0 Å². The minimum atomic E-state index is -5.11. The number of hydrogen-bond donors (Lipinski definition) is 6. The summed E-state index contributed by atoms with van der Waals surface area (Å²) in [6.07, 6.45) is 0. The Morgan fingerprint density at radius 2 is 1.10 bits per heavy atom. The van der Waals surface area contributed by atoms with Gasteiger partial charge in [0.05, 0.1) is 0 Å². The number of rotatable bonds is 0. The van der Waals surface area contributed by atoms with E-state index in [-0.39, 0.29) is 0 Å². The first kappa shape index (κ1) is 12.8. The molecule has 0 aliphatic heterocycles. The van der Waals surface area contributed by atoms with Crippen molar-refractivity contribution in [2.75, 3.05) is 0 Å². The smallest absolute Gasteiger partial charge is 0.365 e. The van der Waals surface area contributed by atoms with Crippen LogP contribution in [0.5, 0.6) is 0 Å². The lowest BCUT2D eigenvalue weighted by atomic mass is 15.8. The molecule has 7 nitrogen and oxygen atoms in total. The molecule has 0 rings (SSSR count). The second kappa shape index (κ2) is 4.11. The normalized spacial score (nSPS) is 11.9. The van der Waals surface area contributed by atoms with Crippen molar-refractivity contribution in [3.05, 3.63) is 0 Å². The number of hydrogen-bond acceptors (Lipinski definition) is 4. The zero-order valence-corrected chi connectivity index (χ0v) is 6.31. The Morgan fingerprint density at radius 3 is 1.10 bits per heavy atom. The van der Waals surface area contributed by atoms with Gasteiger partial charge in [-0.05, 0) is 0 Å². The van der Waals surface area contributed by atoms with Gasteiger partial charge in [0.15, 0.2) is 0 Å². The minimum Gasteiger partial charge on any atom is -0.365 e. The summed E-state index contributed by atoms with van der Waals surface area (Å²) in [5.74, 6) is 0. The van der Waals surface area contributed by atoms with Gasteiger partial charge in [0, 0.05) is 0 Å². The lowest BCUT2D eigenvalue weighted by Crippen LogP contribution is -2.27. The number of phosphoric acid groups is 1. The lowest BCUT2D eigenvalue weighted by molar-refractivity contribution is 0.165. The van der Waals surface area contributed by atoms with Crippen molar-refractivity contribution >= 4 is 17.0 Å². The van der Waals surface area contributed by atoms with E-state index in [1.807, 2.05) is 0 Å². The van der Waals surface area contributed by atoms with Crippen molar-refractivity contribution in [1.29, 1.82) is 0 Å². The first-order valence-electron chi connectivity index (χ1n) is 1.64. The highest BCUT2D eigenvalue weighted by atomic mass is 31.2. The first-order chi connectivity index (χ1) is 4.00. The van der Waals surface area contributed by atoms with E-state index in [9.17, 15) is 4.11 Å². The Morgan fingerprint density at radius 1 is 1.10 bits per heavy atom. The summed E-state index contributed by atoms with van der Waals surface area (Å²) >= 11 is 0. The molecule has 0 atom stereocenters. The fourth-order valence-electron chi connectivity index (χ4n) is 0. The van der Waals surface area contributed by atoms with E-state index in [0.717, 1.165) is 0 Å². The molecular formula is H6FO7PSi. The molecule has 0 amide bonds. The van der Waals surface area contributed by atoms with Gasteiger partial charge in [0.25, 0.3) is 0 Å². The van der Waals surface area contributed by atoms with Crippen LogP contribution in [0.15, 0.2) is 0 Å². The molecule has 0 radical (unpaired) electrons. The molecule has 0 aliphatic carbocycles. The fraction of sp³-hybridized carbons (Fsp3) is 0.